The first-order valence-corrected chi connectivity index (χ1v) is 8.14. The summed E-state index contributed by atoms with van der Waals surface area (Å²) in [6.07, 6.45) is 2.17. The van der Waals surface area contributed by atoms with E-state index in [0.29, 0.717) is 13.0 Å². The molecule has 0 saturated carbocycles. The summed E-state index contributed by atoms with van der Waals surface area (Å²) in [4.78, 5) is 0. The van der Waals surface area contributed by atoms with Crippen LogP contribution in [0.15, 0.2) is 42.5 Å². The van der Waals surface area contributed by atoms with E-state index in [1.165, 1.54) is 5.56 Å². The number of fused-ring (bicyclic) bond motifs is 1. The van der Waals surface area contributed by atoms with Crippen LogP contribution in [0.5, 0.6) is 11.5 Å². The summed E-state index contributed by atoms with van der Waals surface area (Å²) in [5.74, 6) is 1.70. The quantitative estimate of drug-likeness (QED) is 0.918. The molecule has 0 spiro atoms. The van der Waals surface area contributed by atoms with Gasteiger partial charge in [-0.3, -0.25) is 5.32 Å². The van der Waals surface area contributed by atoms with Crippen LogP contribution in [-0.4, -0.2) is 19.8 Å². The molecule has 24 heavy (non-hydrogen) atoms. The van der Waals surface area contributed by atoms with E-state index in [0.717, 1.165) is 35.5 Å². The molecular formula is C20H22N2O2. The highest BCUT2D eigenvalue weighted by molar-refractivity contribution is 5.52. The van der Waals surface area contributed by atoms with E-state index in [2.05, 4.69) is 23.5 Å². The fourth-order valence-electron chi connectivity index (χ4n) is 3.38. The lowest BCUT2D eigenvalue weighted by Crippen LogP contribution is -2.48. The zero-order valence-corrected chi connectivity index (χ0v) is 14.1. The molecule has 1 aliphatic carbocycles. The molecule has 0 saturated heterocycles. The predicted molar refractivity (Wildman–Crippen MR) is 93.2 cm³/mol. The molecule has 0 aliphatic heterocycles. The van der Waals surface area contributed by atoms with Crippen molar-refractivity contribution in [2.45, 2.75) is 31.3 Å². The number of ether oxygens (including phenoxy) is 2. The number of nitrogens with one attached hydrogen (secondary N) is 1. The van der Waals surface area contributed by atoms with Gasteiger partial charge in [-0.25, -0.2) is 0 Å². The molecule has 1 atom stereocenters. The van der Waals surface area contributed by atoms with E-state index in [-0.39, 0.29) is 0 Å². The van der Waals surface area contributed by atoms with Crippen molar-refractivity contribution in [1.82, 2.24) is 5.32 Å². The Kier molecular flexibility index (Phi) is 4.73. The number of benzene rings is 2. The van der Waals surface area contributed by atoms with E-state index in [4.69, 9.17) is 9.47 Å². The number of hydrogen-bond donors (Lipinski definition) is 1. The molecule has 0 bridgehead atoms. The van der Waals surface area contributed by atoms with E-state index in [9.17, 15) is 5.26 Å². The topological polar surface area (TPSA) is 54.3 Å². The van der Waals surface area contributed by atoms with Crippen LogP contribution < -0.4 is 14.8 Å². The maximum atomic E-state index is 9.85. The Morgan fingerprint density at radius 1 is 1.04 bits per heavy atom. The Morgan fingerprint density at radius 2 is 1.71 bits per heavy atom. The predicted octanol–water partition coefficient (Wildman–Crippen LogP) is 3.24. The van der Waals surface area contributed by atoms with E-state index in [1.807, 2.05) is 30.3 Å². The number of nitrogens with zero attached hydrogens (tertiary/aromatic N) is 1. The Hall–Kier alpha value is -2.51. The highest BCUT2D eigenvalue weighted by Crippen LogP contribution is 2.39. The average molecular weight is 322 g/mol. The Labute approximate surface area is 143 Å². The SMILES string of the molecule is COc1ccc(OC)c2c1CCC(C#N)(NCc1ccccc1)C2. The highest BCUT2D eigenvalue weighted by Gasteiger charge is 2.37. The molecule has 1 aliphatic rings. The van der Waals surface area contributed by atoms with Crippen LogP contribution in [0.1, 0.15) is 23.1 Å². The van der Waals surface area contributed by atoms with Crippen LogP contribution in [0, 0.1) is 11.3 Å². The van der Waals surface area contributed by atoms with Crippen molar-refractivity contribution < 1.29 is 9.47 Å². The molecule has 3 rings (SSSR count). The van der Waals surface area contributed by atoms with E-state index >= 15 is 0 Å². The first-order chi connectivity index (χ1) is 11.7. The van der Waals surface area contributed by atoms with Crippen molar-refractivity contribution in [1.29, 1.82) is 5.26 Å². The van der Waals surface area contributed by atoms with Crippen molar-refractivity contribution in [3.05, 3.63) is 59.2 Å². The van der Waals surface area contributed by atoms with Gasteiger partial charge in [0.15, 0.2) is 0 Å². The van der Waals surface area contributed by atoms with Gasteiger partial charge in [-0.2, -0.15) is 5.26 Å². The summed E-state index contributed by atoms with van der Waals surface area (Å²) >= 11 is 0. The Bertz CT molecular complexity index is 752. The summed E-state index contributed by atoms with van der Waals surface area (Å²) in [7, 11) is 3.35. The van der Waals surface area contributed by atoms with Crippen LogP contribution in [0.4, 0.5) is 0 Å². The molecule has 0 aromatic heterocycles. The Morgan fingerprint density at radius 3 is 2.33 bits per heavy atom. The van der Waals surface area contributed by atoms with Crippen molar-refractivity contribution >= 4 is 0 Å². The van der Waals surface area contributed by atoms with Crippen LogP contribution in [0.2, 0.25) is 0 Å². The standard InChI is InChI=1S/C20H22N2O2/c1-23-18-8-9-19(24-2)17-12-20(14-21,11-10-16(17)18)22-13-15-6-4-3-5-7-15/h3-9,22H,10-13H2,1-2H3. The highest BCUT2D eigenvalue weighted by atomic mass is 16.5. The van der Waals surface area contributed by atoms with Crippen molar-refractivity contribution in [3.63, 3.8) is 0 Å². The van der Waals surface area contributed by atoms with Gasteiger partial charge < -0.3 is 9.47 Å². The van der Waals surface area contributed by atoms with Gasteiger partial charge in [0.1, 0.15) is 17.0 Å². The second-order valence-corrected chi connectivity index (χ2v) is 6.14. The number of methoxy groups -OCH3 is 2. The number of rotatable bonds is 5. The van der Waals surface area contributed by atoms with Crippen molar-refractivity contribution in [3.8, 4) is 17.6 Å². The third-order valence-electron chi connectivity index (χ3n) is 4.75. The van der Waals surface area contributed by atoms with Gasteiger partial charge in [-0.05, 0) is 30.5 Å². The minimum atomic E-state index is -0.581. The van der Waals surface area contributed by atoms with Gasteiger partial charge in [-0.15, -0.1) is 0 Å². The maximum absolute atomic E-state index is 9.85. The van der Waals surface area contributed by atoms with Gasteiger partial charge in [-0.1, -0.05) is 30.3 Å². The zero-order chi connectivity index (χ0) is 17.0. The molecule has 0 fully saturated rings. The van der Waals surface area contributed by atoms with Gasteiger partial charge in [0.05, 0.1) is 20.3 Å². The maximum Gasteiger partial charge on any atom is 0.122 e. The minimum Gasteiger partial charge on any atom is -0.496 e. The van der Waals surface area contributed by atoms with Crippen LogP contribution in [0.25, 0.3) is 0 Å². The van der Waals surface area contributed by atoms with Crippen molar-refractivity contribution in [2.24, 2.45) is 0 Å². The van der Waals surface area contributed by atoms with Gasteiger partial charge in [0.2, 0.25) is 0 Å². The summed E-state index contributed by atoms with van der Waals surface area (Å²) in [6.45, 7) is 0.677. The largest absolute Gasteiger partial charge is 0.496 e. The summed E-state index contributed by atoms with van der Waals surface area (Å²) in [5, 5.41) is 13.3. The molecule has 4 heteroatoms. The van der Waals surface area contributed by atoms with E-state index in [1.54, 1.807) is 14.2 Å². The average Bonchev–Trinajstić information content (AvgIpc) is 2.66. The lowest BCUT2D eigenvalue weighted by molar-refractivity contribution is 0.338. The normalized spacial score (nSPS) is 19.2. The summed E-state index contributed by atoms with van der Waals surface area (Å²) in [5.41, 5.74) is 2.83. The van der Waals surface area contributed by atoms with Crippen LogP contribution in [-0.2, 0) is 19.4 Å². The molecule has 4 nitrogen and oxygen atoms in total. The number of hydrogen-bond acceptors (Lipinski definition) is 4. The monoisotopic (exact) mass is 322 g/mol. The second kappa shape index (κ2) is 6.94. The smallest absolute Gasteiger partial charge is 0.122 e. The van der Waals surface area contributed by atoms with Crippen LogP contribution in [0.3, 0.4) is 0 Å². The lowest BCUT2D eigenvalue weighted by Gasteiger charge is -2.34. The third-order valence-corrected chi connectivity index (χ3v) is 4.75. The first kappa shape index (κ1) is 16.4. The molecule has 2 aromatic carbocycles. The van der Waals surface area contributed by atoms with Gasteiger partial charge in [0, 0.05) is 24.1 Å². The second-order valence-electron chi connectivity index (χ2n) is 6.14. The lowest BCUT2D eigenvalue weighted by atomic mass is 9.78. The minimum absolute atomic E-state index is 0.581. The molecule has 0 amide bonds. The summed E-state index contributed by atoms with van der Waals surface area (Å²) in [6, 6.07) is 16.5. The summed E-state index contributed by atoms with van der Waals surface area (Å²) < 4.78 is 11.0. The van der Waals surface area contributed by atoms with Gasteiger partial charge in [0.25, 0.3) is 0 Å². The first-order valence-electron chi connectivity index (χ1n) is 8.14. The molecule has 1 unspecified atom stereocenters. The number of nitriles is 1. The fraction of sp³-hybridized carbons (Fsp3) is 0.350. The Balaban J connectivity index is 1.87. The van der Waals surface area contributed by atoms with E-state index < -0.39 is 5.54 Å². The molecule has 0 radical (unpaired) electrons. The van der Waals surface area contributed by atoms with Crippen molar-refractivity contribution in [2.75, 3.05) is 14.2 Å². The molecule has 124 valence electrons. The molecular weight excluding hydrogens is 300 g/mol. The molecule has 2 aromatic rings. The third kappa shape index (κ3) is 3.08. The fourth-order valence-corrected chi connectivity index (χ4v) is 3.38. The van der Waals surface area contributed by atoms with Crippen LogP contribution >= 0.6 is 0 Å². The molecule has 1 N–H and O–H groups in total. The zero-order valence-electron chi connectivity index (χ0n) is 14.1. The van der Waals surface area contributed by atoms with Gasteiger partial charge >= 0.3 is 0 Å². The molecule has 0 heterocycles.